The fourth-order valence-corrected chi connectivity index (χ4v) is 3.78. The van der Waals surface area contributed by atoms with Crippen LogP contribution in [0.5, 0.6) is 17.2 Å². The van der Waals surface area contributed by atoms with E-state index in [0.29, 0.717) is 35.9 Å². The molecular formula is C26H22N2O4. The molecule has 160 valence electrons. The van der Waals surface area contributed by atoms with Gasteiger partial charge < -0.3 is 19.5 Å². The summed E-state index contributed by atoms with van der Waals surface area (Å²) in [4.78, 5) is 18.0. The van der Waals surface area contributed by atoms with E-state index in [1.54, 1.807) is 0 Å². The smallest absolute Gasteiger partial charge is 0.252 e. The van der Waals surface area contributed by atoms with Crippen molar-refractivity contribution in [3.05, 3.63) is 83.9 Å². The number of hydrogen-bond donors (Lipinski definition) is 1. The second-order valence-electron chi connectivity index (χ2n) is 7.36. The quantitative estimate of drug-likeness (QED) is 0.472. The first-order valence-electron chi connectivity index (χ1n) is 10.5. The summed E-state index contributed by atoms with van der Waals surface area (Å²) in [6, 6.07) is 22.9. The summed E-state index contributed by atoms with van der Waals surface area (Å²) in [7, 11) is 0. The van der Waals surface area contributed by atoms with Gasteiger partial charge >= 0.3 is 0 Å². The van der Waals surface area contributed by atoms with Crippen LogP contribution < -0.4 is 19.5 Å². The fraction of sp³-hybridized carbons (Fsp3) is 0.154. The lowest BCUT2D eigenvalue weighted by atomic mass is 10.0. The van der Waals surface area contributed by atoms with E-state index in [1.165, 1.54) is 0 Å². The van der Waals surface area contributed by atoms with Crippen LogP contribution in [0.25, 0.3) is 22.2 Å². The van der Waals surface area contributed by atoms with Gasteiger partial charge in [0.05, 0.1) is 23.4 Å². The van der Waals surface area contributed by atoms with Gasteiger partial charge in [-0.3, -0.25) is 4.79 Å². The van der Waals surface area contributed by atoms with Crippen molar-refractivity contribution in [2.24, 2.45) is 0 Å². The van der Waals surface area contributed by atoms with Gasteiger partial charge in [0.15, 0.2) is 11.5 Å². The first-order chi connectivity index (χ1) is 15.7. The minimum Gasteiger partial charge on any atom is -0.494 e. The number of fused-ring (bicyclic) bond motifs is 2. The van der Waals surface area contributed by atoms with Crippen LogP contribution in [-0.2, 0) is 6.54 Å². The molecule has 1 aromatic heterocycles. The number of hydrogen-bond acceptors (Lipinski definition) is 5. The lowest BCUT2D eigenvalue weighted by Gasteiger charge is -2.13. The largest absolute Gasteiger partial charge is 0.494 e. The number of para-hydroxylation sites is 2. The lowest BCUT2D eigenvalue weighted by molar-refractivity contribution is 0.0952. The van der Waals surface area contributed by atoms with Gasteiger partial charge in [-0.05, 0) is 43.3 Å². The zero-order chi connectivity index (χ0) is 21.9. The highest BCUT2D eigenvalue weighted by atomic mass is 16.7. The molecule has 4 aromatic rings. The molecule has 3 aromatic carbocycles. The van der Waals surface area contributed by atoms with Crippen LogP contribution in [0.3, 0.4) is 0 Å². The number of ether oxygens (including phenoxy) is 3. The predicted molar refractivity (Wildman–Crippen MR) is 122 cm³/mol. The molecule has 0 unspecified atom stereocenters. The molecule has 0 saturated carbocycles. The van der Waals surface area contributed by atoms with E-state index in [1.807, 2.05) is 79.7 Å². The third kappa shape index (κ3) is 3.83. The highest BCUT2D eigenvalue weighted by Crippen LogP contribution is 2.36. The molecule has 0 aliphatic carbocycles. The molecule has 6 nitrogen and oxygen atoms in total. The third-order valence-corrected chi connectivity index (χ3v) is 5.34. The minimum atomic E-state index is -0.170. The number of aromatic nitrogens is 1. The highest BCUT2D eigenvalue weighted by Gasteiger charge is 2.18. The molecule has 1 aliphatic heterocycles. The van der Waals surface area contributed by atoms with Gasteiger partial charge in [-0.1, -0.05) is 36.4 Å². The van der Waals surface area contributed by atoms with Crippen LogP contribution in [0.15, 0.2) is 72.8 Å². The van der Waals surface area contributed by atoms with Crippen LogP contribution in [0, 0.1) is 0 Å². The standard InChI is InChI=1S/C26H22N2O4/c1-2-30-23-10-6-3-7-18(23)15-27-26(29)20-14-22(28-21-9-5-4-8-19(20)21)17-11-12-24-25(13-17)32-16-31-24/h3-14H,2,15-16H2,1H3,(H,27,29). The van der Waals surface area contributed by atoms with Crippen molar-refractivity contribution < 1.29 is 19.0 Å². The number of amides is 1. The molecule has 6 heteroatoms. The Labute approximate surface area is 185 Å². The van der Waals surface area contributed by atoms with E-state index >= 15 is 0 Å². The fourth-order valence-electron chi connectivity index (χ4n) is 3.78. The van der Waals surface area contributed by atoms with Crippen molar-refractivity contribution in [3.8, 4) is 28.5 Å². The van der Waals surface area contributed by atoms with Crippen molar-refractivity contribution in [1.82, 2.24) is 10.3 Å². The maximum absolute atomic E-state index is 13.2. The van der Waals surface area contributed by atoms with Crippen LogP contribution in [0.4, 0.5) is 0 Å². The van der Waals surface area contributed by atoms with Crippen molar-refractivity contribution >= 4 is 16.8 Å². The van der Waals surface area contributed by atoms with E-state index in [-0.39, 0.29) is 12.7 Å². The molecule has 0 radical (unpaired) electrons. The number of carbonyl (C=O) groups is 1. The number of rotatable bonds is 6. The van der Waals surface area contributed by atoms with E-state index in [4.69, 9.17) is 19.2 Å². The van der Waals surface area contributed by atoms with Gasteiger partial charge in [0.1, 0.15) is 5.75 Å². The van der Waals surface area contributed by atoms with Gasteiger partial charge in [0.25, 0.3) is 5.91 Å². The molecule has 32 heavy (non-hydrogen) atoms. The average Bonchev–Trinajstić information content (AvgIpc) is 3.31. The molecule has 0 spiro atoms. The summed E-state index contributed by atoms with van der Waals surface area (Å²) in [6.45, 7) is 3.08. The Hall–Kier alpha value is -4.06. The summed E-state index contributed by atoms with van der Waals surface area (Å²) in [5.74, 6) is 1.99. The minimum absolute atomic E-state index is 0.170. The SMILES string of the molecule is CCOc1ccccc1CNC(=O)c1cc(-c2ccc3c(c2)OCO3)nc2ccccc12. The number of pyridine rings is 1. The molecular weight excluding hydrogens is 404 g/mol. The summed E-state index contributed by atoms with van der Waals surface area (Å²) in [5, 5.41) is 3.83. The van der Waals surface area contributed by atoms with Crippen LogP contribution in [0.1, 0.15) is 22.8 Å². The molecule has 0 fully saturated rings. The number of nitrogens with one attached hydrogen (secondary N) is 1. The van der Waals surface area contributed by atoms with Crippen molar-refractivity contribution in [2.45, 2.75) is 13.5 Å². The normalized spacial score (nSPS) is 12.0. The molecule has 2 heterocycles. The topological polar surface area (TPSA) is 69.7 Å². The Kier molecular flexibility index (Phi) is 5.34. The van der Waals surface area contributed by atoms with Crippen molar-refractivity contribution in [3.63, 3.8) is 0 Å². The summed E-state index contributed by atoms with van der Waals surface area (Å²) < 4.78 is 16.6. The summed E-state index contributed by atoms with van der Waals surface area (Å²) in [5.41, 5.74) is 3.80. The maximum atomic E-state index is 13.2. The second-order valence-corrected chi connectivity index (χ2v) is 7.36. The van der Waals surface area contributed by atoms with E-state index in [0.717, 1.165) is 27.8 Å². The molecule has 1 aliphatic rings. The molecule has 1 amide bonds. The first-order valence-corrected chi connectivity index (χ1v) is 10.5. The Morgan fingerprint density at radius 3 is 2.72 bits per heavy atom. The summed E-state index contributed by atoms with van der Waals surface area (Å²) in [6.07, 6.45) is 0. The third-order valence-electron chi connectivity index (χ3n) is 5.34. The highest BCUT2D eigenvalue weighted by molar-refractivity contribution is 6.07. The van der Waals surface area contributed by atoms with Gasteiger partial charge in [0.2, 0.25) is 6.79 Å². The molecule has 1 N–H and O–H groups in total. The number of nitrogens with zero attached hydrogens (tertiary/aromatic N) is 1. The van der Waals surface area contributed by atoms with Gasteiger partial charge in [-0.25, -0.2) is 4.98 Å². The van der Waals surface area contributed by atoms with E-state index < -0.39 is 0 Å². The Morgan fingerprint density at radius 2 is 1.81 bits per heavy atom. The molecule has 0 atom stereocenters. The van der Waals surface area contributed by atoms with Crippen molar-refractivity contribution in [2.75, 3.05) is 13.4 Å². The summed E-state index contributed by atoms with van der Waals surface area (Å²) >= 11 is 0. The molecule has 0 saturated heterocycles. The lowest BCUT2D eigenvalue weighted by Crippen LogP contribution is -2.23. The van der Waals surface area contributed by atoms with Gasteiger partial charge in [-0.2, -0.15) is 0 Å². The first kappa shape index (κ1) is 19.9. The Morgan fingerprint density at radius 1 is 1.00 bits per heavy atom. The predicted octanol–water partition coefficient (Wildman–Crippen LogP) is 4.96. The van der Waals surface area contributed by atoms with Crippen molar-refractivity contribution in [1.29, 1.82) is 0 Å². The van der Waals surface area contributed by atoms with Gasteiger partial charge in [0, 0.05) is 23.1 Å². The second kappa shape index (κ2) is 8.59. The molecule has 5 rings (SSSR count). The van der Waals surface area contributed by atoms with Crippen LogP contribution >= 0.6 is 0 Å². The van der Waals surface area contributed by atoms with Crippen LogP contribution in [0.2, 0.25) is 0 Å². The zero-order valence-electron chi connectivity index (χ0n) is 17.6. The maximum Gasteiger partial charge on any atom is 0.252 e. The molecule has 0 bridgehead atoms. The van der Waals surface area contributed by atoms with Gasteiger partial charge in [-0.15, -0.1) is 0 Å². The number of benzene rings is 3. The van der Waals surface area contributed by atoms with E-state index in [9.17, 15) is 4.79 Å². The van der Waals surface area contributed by atoms with E-state index in [2.05, 4.69) is 5.32 Å². The monoisotopic (exact) mass is 426 g/mol. The average molecular weight is 426 g/mol. The Bertz CT molecular complexity index is 1300. The number of carbonyl (C=O) groups excluding carboxylic acids is 1. The van der Waals surface area contributed by atoms with Crippen LogP contribution in [-0.4, -0.2) is 24.3 Å². The Balaban J connectivity index is 1.48. The zero-order valence-corrected chi connectivity index (χ0v) is 17.6.